The Kier molecular flexibility index (Phi) is 4.19. The number of fused-ring (bicyclic) bond motifs is 2. The lowest BCUT2D eigenvalue weighted by Gasteiger charge is -2.04. The number of H-pyrrole nitrogens is 2. The highest BCUT2D eigenvalue weighted by atomic mass is 35.5. The summed E-state index contributed by atoms with van der Waals surface area (Å²) in [6, 6.07) is 23.3. The van der Waals surface area contributed by atoms with Crippen molar-refractivity contribution in [2.75, 3.05) is 0 Å². The largest absolute Gasteiger partial charge is 0.354 e. The monoisotopic (exact) mass is 437 g/mol. The Morgan fingerprint density at radius 1 is 0.875 bits per heavy atom. The van der Waals surface area contributed by atoms with Crippen molar-refractivity contribution in [3.05, 3.63) is 89.6 Å². The second-order valence-corrected chi connectivity index (χ2v) is 7.94. The molecule has 7 heteroatoms. The topological polar surface area (TPSA) is 79.4 Å². The first-order valence-electron chi connectivity index (χ1n) is 10.1. The van der Waals surface area contributed by atoms with Crippen molar-refractivity contribution in [1.29, 1.82) is 0 Å². The van der Waals surface area contributed by atoms with Crippen LogP contribution in [-0.4, -0.2) is 31.0 Å². The Morgan fingerprint density at radius 2 is 1.62 bits per heavy atom. The Morgan fingerprint density at radius 3 is 2.41 bits per heavy atom. The minimum Gasteiger partial charge on any atom is -0.354 e. The van der Waals surface area contributed by atoms with Crippen LogP contribution >= 0.6 is 11.6 Å². The summed E-state index contributed by atoms with van der Waals surface area (Å²) < 4.78 is 1.62. The highest BCUT2D eigenvalue weighted by Crippen LogP contribution is 2.39. The third-order valence-electron chi connectivity index (χ3n) is 5.54. The van der Waals surface area contributed by atoms with Crippen molar-refractivity contribution in [3.8, 4) is 28.5 Å². The molecule has 6 nitrogen and oxygen atoms in total. The molecule has 0 saturated heterocycles. The molecule has 0 aliphatic rings. The number of hydrogen-bond acceptors (Lipinski definition) is 3. The summed E-state index contributed by atoms with van der Waals surface area (Å²) in [5.41, 5.74) is 6.45. The van der Waals surface area contributed by atoms with Crippen LogP contribution in [0.4, 0.5) is 0 Å². The summed E-state index contributed by atoms with van der Waals surface area (Å²) >= 11 is 6.10. The summed E-state index contributed by atoms with van der Waals surface area (Å²) in [6.07, 6.45) is 2.53. The van der Waals surface area contributed by atoms with Gasteiger partial charge in [-0.1, -0.05) is 54.1 Å². The molecule has 0 unspecified atom stereocenters. The maximum Gasteiger partial charge on any atom is 0.229 e. The van der Waals surface area contributed by atoms with Gasteiger partial charge in [-0.05, 0) is 35.9 Å². The van der Waals surface area contributed by atoms with Crippen molar-refractivity contribution in [1.82, 2.24) is 24.7 Å². The number of aromatic nitrogens is 5. The Balaban J connectivity index is 1.59. The molecule has 2 N–H and O–H groups in total. The SMILES string of the molecule is O=Cc1cn(-c2nc3ccccc3[nH]2)nc1-c1c(-c2ccc(Cl)cc2)[nH]c2ccccc12. The molecule has 154 valence electrons. The van der Waals surface area contributed by atoms with Crippen LogP contribution < -0.4 is 0 Å². The van der Waals surface area contributed by atoms with E-state index in [9.17, 15) is 4.79 Å². The summed E-state index contributed by atoms with van der Waals surface area (Å²) in [5.74, 6) is 0.549. The third kappa shape index (κ3) is 2.92. The first-order valence-corrected chi connectivity index (χ1v) is 10.5. The summed E-state index contributed by atoms with van der Waals surface area (Å²) in [4.78, 5) is 23.4. The number of rotatable bonds is 4. The first kappa shape index (κ1) is 18.6. The van der Waals surface area contributed by atoms with Crippen LogP contribution in [0, 0.1) is 0 Å². The molecule has 6 aromatic rings. The van der Waals surface area contributed by atoms with Gasteiger partial charge >= 0.3 is 0 Å². The van der Waals surface area contributed by atoms with Gasteiger partial charge in [-0.3, -0.25) is 4.79 Å². The van der Waals surface area contributed by atoms with Gasteiger partial charge in [0.05, 0.1) is 22.3 Å². The van der Waals surface area contributed by atoms with Gasteiger partial charge in [0, 0.05) is 27.7 Å². The molecule has 3 aromatic carbocycles. The zero-order valence-corrected chi connectivity index (χ0v) is 17.5. The number of nitrogens with one attached hydrogen (secondary N) is 2. The van der Waals surface area contributed by atoms with E-state index in [1.54, 1.807) is 10.9 Å². The van der Waals surface area contributed by atoms with E-state index in [1.807, 2.05) is 72.8 Å². The predicted molar refractivity (Wildman–Crippen MR) is 126 cm³/mol. The molecule has 0 aliphatic carbocycles. The number of carbonyl (C=O) groups is 1. The minimum absolute atomic E-state index is 0.477. The van der Waals surface area contributed by atoms with E-state index in [4.69, 9.17) is 16.7 Å². The summed E-state index contributed by atoms with van der Waals surface area (Å²) in [7, 11) is 0. The second kappa shape index (κ2) is 7.21. The van der Waals surface area contributed by atoms with Gasteiger partial charge in [-0.25, -0.2) is 9.67 Å². The van der Waals surface area contributed by atoms with Gasteiger partial charge in [-0.15, -0.1) is 0 Å². The number of benzene rings is 3. The normalized spacial score (nSPS) is 11.4. The first-order chi connectivity index (χ1) is 15.7. The fourth-order valence-corrected chi connectivity index (χ4v) is 4.17. The van der Waals surface area contributed by atoms with Crippen LogP contribution in [0.3, 0.4) is 0 Å². The molecule has 0 spiro atoms. The maximum absolute atomic E-state index is 12.1. The molecule has 0 amide bonds. The van der Waals surface area contributed by atoms with E-state index in [0.717, 1.165) is 45.0 Å². The molecular formula is C25H16ClN5O. The van der Waals surface area contributed by atoms with Crippen molar-refractivity contribution in [2.45, 2.75) is 0 Å². The average Bonchev–Trinajstić information content (AvgIpc) is 3.53. The molecule has 6 rings (SSSR count). The van der Waals surface area contributed by atoms with Crippen LogP contribution in [0.25, 0.3) is 50.4 Å². The van der Waals surface area contributed by atoms with Gasteiger partial charge in [-0.2, -0.15) is 5.10 Å². The molecule has 0 radical (unpaired) electrons. The number of aldehydes is 1. The van der Waals surface area contributed by atoms with Crippen molar-refractivity contribution in [2.24, 2.45) is 0 Å². The third-order valence-corrected chi connectivity index (χ3v) is 5.79. The van der Waals surface area contributed by atoms with E-state index in [1.165, 1.54) is 0 Å². The van der Waals surface area contributed by atoms with Crippen LogP contribution in [0.5, 0.6) is 0 Å². The predicted octanol–water partition coefficient (Wildman–Crippen LogP) is 6.03. The van der Waals surface area contributed by atoms with Gasteiger partial charge in [0.25, 0.3) is 0 Å². The second-order valence-electron chi connectivity index (χ2n) is 7.50. The van der Waals surface area contributed by atoms with Gasteiger partial charge < -0.3 is 9.97 Å². The molecule has 0 aliphatic heterocycles. The molecule has 0 saturated carbocycles. The zero-order chi connectivity index (χ0) is 21.7. The van der Waals surface area contributed by atoms with Crippen LogP contribution in [0.2, 0.25) is 5.02 Å². The van der Waals surface area contributed by atoms with Crippen LogP contribution in [0.15, 0.2) is 79.0 Å². The smallest absolute Gasteiger partial charge is 0.229 e. The Hall–Kier alpha value is -4.16. The zero-order valence-electron chi connectivity index (χ0n) is 16.7. The molecular weight excluding hydrogens is 422 g/mol. The molecule has 3 aromatic heterocycles. The standard InChI is InChI=1S/C25H16ClN5O/c26-17-11-9-15(10-12-17)23-22(18-5-1-2-6-19(18)27-23)24-16(14-32)13-31(30-24)25-28-20-7-3-4-8-21(20)29-25/h1-14,27H,(H,28,29). The van der Waals surface area contributed by atoms with E-state index in [-0.39, 0.29) is 0 Å². The maximum atomic E-state index is 12.1. The number of carbonyl (C=O) groups excluding carboxylic acids is 1. The minimum atomic E-state index is 0.477. The lowest BCUT2D eigenvalue weighted by molar-refractivity contribution is 0.112. The number of para-hydroxylation sites is 3. The highest BCUT2D eigenvalue weighted by Gasteiger charge is 2.21. The number of hydrogen-bond donors (Lipinski definition) is 2. The van der Waals surface area contributed by atoms with E-state index < -0.39 is 0 Å². The highest BCUT2D eigenvalue weighted by molar-refractivity contribution is 6.30. The lowest BCUT2D eigenvalue weighted by atomic mass is 10.0. The number of imidazole rings is 1. The van der Waals surface area contributed by atoms with E-state index >= 15 is 0 Å². The summed E-state index contributed by atoms with van der Waals surface area (Å²) in [5, 5.41) is 6.43. The molecule has 32 heavy (non-hydrogen) atoms. The molecule has 0 bridgehead atoms. The molecule has 0 atom stereocenters. The lowest BCUT2D eigenvalue weighted by Crippen LogP contribution is -1.97. The van der Waals surface area contributed by atoms with Crippen molar-refractivity contribution < 1.29 is 4.79 Å². The van der Waals surface area contributed by atoms with Gasteiger partial charge in [0.15, 0.2) is 6.29 Å². The average molecular weight is 438 g/mol. The van der Waals surface area contributed by atoms with Gasteiger partial charge in [0.2, 0.25) is 5.95 Å². The summed E-state index contributed by atoms with van der Waals surface area (Å²) in [6.45, 7) is 0. The van der Waals surface area contributed by atoms with E-state index in [2.05, 4.69) is 15.0 Å². The van der Waals surface area contributed by atoms with Crippen LogP contribution in [-0.2, 0) is 0 Å². The van der Waals surface area contributed by atoms with Crippen molar-refractivity contribution in [3.63, 3.8) is 0 Å². The quantitative estimate of drug-likeness (QED) is 0.330. The number of nitrogens with zero attached hydrogens (tertiary/aromatic N) is 3. The number of halogens is 1. The Labute approximate surface area is 187 Å². The van der Waals surface area contributed by atoms with Crippen LogP contribution in [0.1, 0.15) is 10.4 Å². The Bertz CT molecular complexity index is 1570. The van der Waals surface area contributed by atoms with E-state index in [0.29, 0.717) is 22.2 Å². The van der Waals surface area contributed by atoms with Crippen molar-refractivity contribution >= 4 is 39.8 Å². The molecule has 3 heterocycles. The van der Waals surface area contributed by atoms with Gasteiger partial charge in [0.1, 0.15) is 5.69 Å². The fraction of sp³-hybridized carbons (Fsp3) is 0. The molecule has 0 fully saturated rings. The fourth-order valence-electron chi connectivity index (χ4n) is 4.05. The number of aromatic amines is 2.